The molecule has 1 heterocycles. The molecule has 0 saturated heterocycles. The molecule has 1 aliphatic carbocycles. The van der Waals surface area contributed by atoms with Gasteiger partial charge < -0.3 is 15.7 Å². The summed E-state index contributed by atoms with van der Waals surface area (Å²) in [5.74, 6) is 0.985. The number of rotatable bonds is 3. The Balaban J connectivity index is 1.57. The molecule has 2 amide bonds. The Hall–Kier alpha value is -2.63. The van der Waals surface area contributed by atoms with Crippen LogP contribution in [0.3, 0.4) is 0 Å². The van der Waals surface area contributed by atoms with Crippen LogP contribution in [0.2, 0.25) is 0 Å². The minimum absolute atomic E-state index is 0.0835. The molecule has 0 aliphatic heterocycles. The number of aryl methyl sites for hydroxylation is 2. The first-order chi connectivity index (χ1) is 11.5. The number of phenolic OH excluding ortho intramolecular Hbond substituents is 1. The van der Waals surface area contributed by atoms with E-state index in [0.717, 1.165) is 41.9 Å². The Morgan fingerprint density at radius 3 is 3.04 bits per heavy atom. The number of carbonyl (C=O) groups is 1. The van der Waals surface area contributed by atoms with Gasteiger partial charge in [-0.3, -0.25) is 0 Å². The van der Waals surface area contributed by atoms with E-state index in [2.05, 4.69) is 20.6 Å². The minimum Gasteiger partial charge on any atom is -0.508 e. The van der Waals surface area contributed by atoms with Crippen LogP contribution in [-0.2, 0) is 12.8 Å². The highest BCUT2D eigenvalue weighted by Gasteiger charge is 2.22. The smallest absolute Gasteiger partial charge is 0.315 e. The van der Waals surface area contributed by atoms with Gasteiger partial charge in [-0.25, -0.2) is 14.8 Å². The second-order valence-electron chi connectivity index (χ2n) is 6.26. The van der Waals surface area contributed by atoms with Gasteiger partial charge in [0, 0.05) is 17.9 Å². The van der Waals surface area contributed by atoms with Crippen molar-refractivity contribution in [2.45, 2.75) is 45.2 Å². The third kappa shape index (κ3) is 3.82. The number of hydrogen-bond acceptors (Lipinski definition) is 4. The van der Waals surface area contributed by atoms with Crippen LogP contribution in [0, 0.1) is 6.92 Å². The van der Waals surface area contributed by atoms with E-state index in [0.29, 0.717) is 0 Å². The number of nitrogens with one attached hydrogen (secondary N) is 2. The summed E-state index contributed by atoms with van der Waals surface area (Å²) in [7, 11) is 0. The molecule has 24 heavy (non-hydrogen) atoms. The first-order valence-corrected chi connectivity index (χ1v) is 8.18. The largest absolute Gasteiger partial charge is 0.508 e. The van der Waals surface area contributed by atoms with Gasteiger partial charge in [0.1, 0.15) is 11.6 Å². The highest BCUT2D eigenvalue weighted by Crippen LogP contribution is 2.20. The summed E-state index contributed by atoms with van der Waals surface area (Å²) in [6.07, 6.45) is 4.34. The fraction of sp³-hybridized carbons (Fsp3) is 0.389. The summed E-state index contributed by atoms with van der Waals surface area (Å²) in [5, 5.41) is 15.5. The van der Waals surface area contributed by atoms with Crippen molar-refractivity contribution in [2.24, 2.45) is 0 Å². The second kappa shape index (κ2) is 6.86. The van der Waals surface area contributed by atoms with Gasteiger partial charge in [-0.2, -0.15) is 0 Å². The normalized spacial score (nSPS) is 17.7. The number of nitrogens with zero attached hydrogens (tertiary/aromatic N) is 2. The molecule has 6 nitrogen and oxygen atoms in total. The maximum Gasteiger partial charge on any atom is 0.315 e. The Morgan fingerprint density at radius 2 is 2.25 bits per heavy atom. The van der Waals surface area contributed by atoms with Gasteiger partial charge in [0.2, 0.25) is 0 Å². The standard InChI is InChI=1S/C18H22N4O2/c1-11(13-4-3-5-16(23)9-13)20-18(24)22-15-6-7-17-14(8-15)10-19-12(2)21-17/h3-5,9-11,15,23H,6-8H2,1-2H3,(H2,20,22,24)/t11-,15-/m1/s1. The average molecular weight is 326 g/mol. The predicted molar refractivity (Wildman–Crippen MR) is 90.8 cm³/mol. The molecule has 126 valence electrons. The summed E-state index contributed by atoms with van der Waals surface area (Å²) >= 11 is 0. The zero-order chi connectivity index (χ0) is 17.1. The van der Waals surface area contributed by atoms with Crippen molar-refractivity contribution in [2.75, 3.05) is 0 Å². The lowest BCUT2D eigenvalue weighted by Gasteiger charge is -2.25. The summed E-state index contributed by atoms with van der Waals surface area (Å²) in [6.45, 7) is 3.78. The first-order valence-electron chi connectivity index (χ1n) is 8.18. The third-order valence-electron chi connectivity index (χ3n) is 4.32. The van der Waals surface area contributed by atoms with E-state index >= 15 is 0 Å². The molecule has 2 aromatic rings. The monoisotopic (exact) mass is 326 g/mol. The number of carbonyl (C=O) groups excluding carboxylic acids is 1. The predicted octanol–water partition coefficient (Wildman–Crippen LogP) is 2.41. The number of benzene rings is 1. The molecular formula is C18H22N4O2. The minimum atomic E-state index is -0.202. The molecule has 0 saturated carbocycles. The lowest BCUT2D eigenvalue weighted by Crippen LogP contribution is -2.45. The molecule has 0 unspecified atom stereocenters. The van der Waals surface area contributed by atoms with Gasteiger partial charge in [-0.15, -0.1) is 0 Å². The molecule has 3 N–H and O–H groups in total. The average Bonchev–Trinajstić information content (AvgIpc) is 2.55. The number of amides is 2. The van der Waals surface area contributed by atoms with Gasteiger partial charge in [-0.1, -0.05) is 12.1 Å². The maximum absolute atomic E-state index is 12.2. The summed E-state index contributed by atoms with van der Waals surface area (Å²) in [4.78, 5) is 20.9. The van der Waals surface area contributed by atoms with Crippen molar-refractivity contribution in [3.63, 3.8) is 0 Å². The molecule has 0 fully saturated rings. The van der Waals surface area contributed by atoms with E-state index in [1.54, 1.807) is 18.2 Å². The first kappa shape index (κ1) is 16.2. The number of aromatic nitrogens is 2. The van der Waals surface area contributed by atoms with E-state index in [1.807, 2.05) is 26.1 Å². The summed E-state index contributed by atoms with van der Waals surface area (Å²) < 4.78 is 0. The van der Waals surface area contributed by atoms with Crippen LogP contribution >= 0.6 is 0 Å². The molecule has 6 heteroatoms. The number of fused-ring (bicyclic) bond motifs is 1. The zero-order valence-corrected chi connectivity index (χ0v) is 13.9. The van der Waals surface area contributed by atoms with E-state index in [9.17, 15) is 9.90 Å². The third-order valence-corrected chi connectivity index (χ3v) is 4.32. The molecule has 0 spiro atoms. The van der Waals surface area contributed by atoms with Crippen molar-refractivity contribution in [1.29, 1.82) is 0 Å². The SMILES string of the molecule is Cc1ncc2c(n1)CC[C@@H](NC(=O)N[C@H](C)c1cccc(O)c1)C2. The lowest BCUT2D eigenvalue weighted by molar-refractivity contribution is 0.232. The van der Waals surface area contributed by atoms with Crippen LogP contribution in [0.5, 0.6) is 5.75 Å². The highest BCUT2D eigenvalue weighted by molar-refractivity contribution is 5.74. The molecule has 2 atom stereocenters. The summed E-state index contributed by atoms with van der Waals surface area (Å²) in [5.41, 5.74) is 3.07. The second-order valence-corrected chi connectivity index (χ2v) is 6.26. The lowest BCUT2D eigenvalue weighted by atomic mass is 9.93. The molecule has 0 radical (unpaired) electrons. The fourth-order valence-electron chi connectivity index (χ4n) is 3.03. The topological polar surface area (TPSA) is 87.1 Å². The molecule has 1 aromatic carbocycles. The van der Waals surface area contributed by atoms with Gasteiger partial charge >= 0.3 is 6.03 Å². The van der Waals surface area contributed by atoms with Crippen molar-refractivity contribution in [3.8, 4) is 5.75 Å². The van der Waals surface area contributed by atoms with Crippen LogP contribution < -0.4 is 10.6 Å². The van der Waals surface area contributed by atoms with Crippen LogP contribution in [0.1, 0.15) is 42.0 Å². The molecule has 0 bridgehead atoms. The maximum atomic E-state index is 12.2. The Kier molecular flexibility index (Phi) is 4.64. The molecule has 3 rings (SSSR count). The Morgan fingerprint density at radius 1 is 1.42 bits per heavy atom. The molecule has 1 aromatic heterocycles. The Bertz CT molecular complexity index is 748. The summed E-state index contributed by atoms with van der Waals surface area (Å²) in [6, 6.07) is 6.61. The highest BCUT2D eigenvalue weighted by atomic mass is 16.3. The number of urea groups is 1. The van der Waals surface area contributed by atoms with Crippen LogP contribution in [0.4, 0.5) is 4.79 Å². The molecular weight excluding hydrogens is 304 g/mol. The van der Waals surface area contributed by atoms with Crippen molar-refractivity contribution < 1.29 is 9.90 Å². The van der Waals surface area contributed by atoms with Gasteiger partial charge in [0.25, 0.3) is 0 Å². The number of phenols is 1. The van der Waals surface area contributed by atoms with E-state index < -0.39 is 0 Å². The number of aromatic hydroxyl groups is 1. The van der Waals surface area contributed by atoms with E-state index in [-0.39, 0.29) is 23.9 Å². The Labute approximate surface area is 141 Å². The van der Waals surface area contributed by atoms with Crippen molar-refractivity contribution >= 4 is 6.03 Å². The van der Waals surface area contributed by atoms with Crippen LogP contribution in [0.15, 0.2) is 30.5 Å². The van der Waals surface area contributed by atoms with Crippen LogP contribution in [0.25, 0.3) is 0 Å². The zero-order valence-electron chi connectivity index (χ0n) is 13.9. The van der Waals surface area contributed by atoms with Crippen molar-refractivity contribution in [1.82, 2.24) is 20.6 Å². The van der Waals surface area contributed by atoms with E-state index in [1.165, 1.54) is 0 Å². The van der Waals surface area contributed by atoms with Gasteiger partial charge in [0.15, 0.2) is 0 Å². The van der Waals surface area contributed by atoms with Gasteiger partial charge in [-0.05, 0) is 56.4 Å². The fourth-order valence-corrected chi connectivity index (χ4v) is 3.03. The quantitative estimate of drug-likeness (QED) is 0.808. The van der Waals surface area contributed by atoms with E-state index in [4.69, 9.17) is 0 Å². The van der Waals surface area contributed by atoms with Crippen LogP contribution in [-0.4, -0.2) is 27.1 Å². The van der Waals surface area contributed by atoms with Gasteiger partial charge in [0.05, 0.1) is 6.04 Å². The number of hydrogen-bond donors (Lipinski definition) is 3. The van der Waals surface area contributed by atoms with Crippen molar-refractivity contribution in [3.05, 3.63) is 53.1 Å². The molecule has 1 aliphatic rings.